The first-order valence-corrected chi connectivity index (χ1v) is 5.17. The number of rotatable bonds is 0. The fourth-order valence-corrected chi connectivity index (χ4v) is 2.53. The molecule has 0 aliphatic carbocycles. The third-order valence-electron chi connectivity index (χ3n) is 3.18. The zero-order valence-electron chi connectivity index (χ0n) is 8.52. The second-order valence-corrected chi connectivity index (χ2v) is 4.04. The number of hydrogen-bond acceptors (Lipinski definition) is 2. The molecular weight excluding hydrogens is 381 g/mol. The molecule has 2 nitrogen and oxygen atoms in total. The van der Waals surface area contributed by atoms with Crippen LogP contribution in [0.1, 0.15) is 0 Å². The molecule has 0 spiro atoms. The first-order valence-electron chi connectivity index (χ1n) is 5.17. The Morgan fingerprint density at radius 2 is 1.31 bits per heavy atom. The average Bonchev–Trinajstić information content (AvgIpc) is 2.66. The van der Waals surface area contributed by atoms with Crippen LogP contribution in [0.3, 0.4) is 0 Å². The summed E-state index contributed by atoms with van der Waals surface area (Å²) in [6.07, 6.45) is 12.9. The Morgan fingerprint density at radius 1 is 0.812 bits per heavy atom. The maximum absolute atomic E-state index is 2.30. The number of anilines is 2. The summed E-state index contributed by atoms with van der Waals surface area (Å²) in [6.45, 7) is 0.939. The Kier molecular flexibility index (Phi) is 2.11. The fraction of sp³-hybridized carbons (Fsp3) is 0.0769. The van der Waals surface area contributed by atoms with E-state index in [4.69, 9.17) is 0 Å². The summed E-state index contributed by atoms with van der Waals surface area (Å²) in [5.74, 6) is 0. The van der Waals surface area contributed by atoms with Gasteiger partial charge in [-0.2, -0.15) is 0 Å². The molecule has 0 saturated carbocycles. The SMILES string of the molecule is C1=CN2CN3C=CC=c4ccc(c2c43)=C1.[Au]. The van der Waals surface area contributed by atoms with Gasteiger partial charge in [0.2, 0.25) is 0 Å². The second-order valence-electron chi connectivity index (χ2n) is 4.04. The first-order chi connectivity index (χ1) is 7.43. The predicted octanol–water partition coefficient (Wildman–Crippen LogP) is 0.884. The van der Waals surface area contributed by atoms with Gasteiger partial charge in [-0.25, -0.2) is 0 Å². The standard InChI is InChI=1S/C13H10N2.Au/c1-3-10-5-6-11-4-2-8-15-9-14(7-1)12(10)13(11)15;/h1-8H,9H2;. The van der Waals surface area contributed by atoms with Gasteiger partial charge < -0.3 is 9.80 Å². The molecule has 0 atom stereocenters. The third-order valence-corrected chi connectivity index (χ3v) is 3.18. The van der Waals surface area contributed by atoms with Gasteiger partial charge >= 0.3 is 0 Å². The second kappa shape index (κ2) is 3.39. The van der Waals surface area contributed by atoms with Gasteiger partial charge in [-0.05, 0) is 12.2 Å². The van der Waals surface area contributed by atoms with E-state index < -0.39 is 0 Å². The topological polar surface area (TPSA) is 6.48 Å². The fourth-order valence-electron chi connectivity index (χ4n) is 2.53. The molecule has 0 unspecified atom stereocenters. The third kappa shape index (κ3) is 1.12. The quantitative estimate of drug-likeness (QED) is 0.607. The van der Waals surface area contributed by atoms with E-state index in [0.717, 1.165) is 6.67 Å². The summed E-state index contributed by atoms with van der Waals surface area (Å²) < 4.78 is 0. The van der Waals surface area contributed by atoms with Crippen LogP contribution in [0.2, 0.25) is 0 Å². The smallest absolute Gasteiger partial charge is 0.0990 e. The Balaban J connectivity index is 0.000000810. The normalized spacial score (nSPS) is 17.5. The zero-order chi connectivity index (χ0) is 9.83. The van der Waals surface area contributed by atoms with Crippen molar-refractivity contribution in [3.8, 4) is 0 Å². The maximum atomic E-state index is 2.30. The Labute approximate surface area is 109 Å². The van der Waals surface area contributed by atoms with Crippen LogP contribution in [0, 0.1) is 0 Å². The van der Waals surface area contributed by atoms with Crippen LogP contribution in [-0.4, -0.2) is 6.67 Å². The van der Waals surface area contributed by atoms with Gasteiger partial charge in [-0.15, -0.1) is 0 Å². The summed E-state index contributed by atoms with van der Waals surface area (Å²) in [5.41, 5.74) is 2.71. The van der Waals surface area contributed by atoms with Crippen molar-refractivity contribution >= 4 is 23.5 Å². The minimum Gasteiger partial charge on any atom is -0.327 e. The molecule has 16 heavy (non-hydrogen) atoms. The molecular formula is C13H10AuN2. The molecule has 0 bridgehead atoms. The van der Waals surface area contributed by atoms with Gasteiger partial charge in [0.15, 0.2) is 0 Å². The van der Waals surface area contributed by atoms with E-state index in [2.05, 4.69) is 58.6 Å². The van der Waals surface area contributed by atoms with Gasteiger partial charge in [0.1, 0.15) is 0 Å². The van der Waals surface area contributed by atoms with Crippen molar-refractivity contribution < 1.29 is 22.4 Å². The molecule has 0 fully saturated rings. The minimum atomic E-state index is 0. The summed E-state index contributed by atoms with van der Waals surface area (Å²) in [4.78, 5) is 4.61. The van der Waals surface area contributed by atoms with Crippen molar-refractivity contribution in [1.82, 2.24) is 0 Å². The summed E-state index contributed by atoms with van der Waals surface area (Å²) in [7, 11) is 0. The van der Waals surface area contributed by atoms with Crippen molar-refractivity contribution in [2.45, 2.75) is 0 Å². The zero-order valence-corrected chi connectivity index (χ0v) is 10.7. The molecule has 3 heterocycles. The van der Waals surface area contributed by atoms with Crippen LogP contribution in [-0.2, 0) is 22.4 Å². The van der Waals surface area contributed by atoms with Crippen LogP contribution in [0.4, 0.5) is 11.4 Å². The van der Waals surface area contributed by atoms with E-state index in [1.54, 1.807) is 0 Å². The summed E-state index contributed by atoms with van der Waals surface area (Å²) >= 11 is 0. The van der Waals surface area contributed by atoms with E-state index in [1.165, 1.54) is 21.8 Å². The van der Waals surface area contributed by atoms with Crippen molar-refractivity contribution in [2.24, 2.45) is 0 Å². The van der Waals surface area contributed by atoms with Crippen molar-refractivity contribution in [2.75, 3.05) is 16.5 Å². The van der Waals surface area contributed by atoms with Gasteiger partial charge in [0.05, 0.1) is 18.0 Å². The maximum Gasteiger partial charge on any atom is 0.0990 e. The van der Waals surface area contributed by atoms with Crippen LogP contribution in [0.15, 0.2) is 36.7 Å². The van der Waals surface area contributed by atoms with E-state index >= 15 is 0 Å². The van der Waals surface area contributed by atoms with Crippen LogP contribution in [0.5, 0.6) is 0 Å². The molecule has 0 N–H and O–H groups in total. The molecule has 0 saturated heterocycles. The monoisotopic (exact) mass is 391 g/mol. The van der Waals surface area contributed by atoms with Crippen LogP contribution in [0.25, 0.3) is 12.2 Å². The molecule has 0 aromatic heterocycles. The van der Waals surface area contributed by atoms with Crippen LogP contribution < -0.4 is 20.2 Å². The Morgan fingerprint density at radius 3 is 1.81 bits per heavy atom. The Bertz CT molecular complexity index is 573. The minimum absolute atomic E-state index is 0. The van der Waals surface area contributed by atoms with E-state index in [0.29, 0.717) is 0 Å². The molecule has 4 rings (SSSR count). The molecule has 83 valence electrons. The largest absolute Gasteiger partial charge is 0.327 e. The molecule has 1 aromatic carbocycles. The molecule has 3 aliphatic rings. The van der Waals surface area contributed by atoms with Gasteiger partial charge in [0, 0.05) is 45.2 Å². The Hall–Kier alpha value is -1.22. The number of hydrogen-bond donors (Lipinski definition) is 0. The average molecular weight is 391 g/mol. The molecule has 1 radical (unpaired) electrons. The van der Waals surface area contributed by atoms with E-state index in [9.17, 15) is 0 Å². The van der Waals surface area contributed by atoms with Crippen molar-refractivity contribution in [3.63, 3.8) is 0 Å². The predicted molar refractivity (Wildman–Crippen MR) is 62.7 cm³/mol. The first kappa shape index (κ1) is 9.97. The molecule has 0 amide bonds. The summed E-state index contributed by atoms with van der Waals surface area (Å²) in [6, 6.07) is 4.40. The van der Waals surface area contributed by atoms with E-state index in [1.807, 2.05) is 0 Å². The molecule has 1 aromatic rings. The van der Waals surface area contributed by atoms with Gasteiger partial charge in [-0.3, -0.25) is 0 Å². The van der Waals surface area contributed by atoms with E-state index in [-0.39, 0.29) is 22.4 Å². The number of benzene rings is 1. The number of allylic oxidation sites excluding steroid dienone is 2. The molecule has 3 heteroatoms. The molecule has 3 aliphatic heterocycles. The van der Waals surface area contributed by atoms with Gasteiger partial charge in [-0.1, -0.05) is 24.3 Å². The van der Waals surface area contributed by atoms with Crippen molar-refractivity contribution in [3.05, 3.63) is 47.1 Å². The number of nitrogens with zero attached hydrogens (tertiary/aromatic N) is 2. The van der Waals surface area contributed by atoms with Crippen LogP contribution >= 0.6 is 0 Å². The summed E-state index contributed by atoms with van der Waals surface area (Å²) in [5, 5.41) is 2.64. The van der Waals surface area contributed by atoms with Gasteiger partial charge in [0.25, 0.3) is 0 Å². The van der Waals surface area contributed by atoms with Crippen molar-refractivity contribution in [1.29, 1.82) is 0 Å².